The van der Waals surface area contributed by atoms with E-state index in [1.165, 1.54) is 0 Å². The van der Waals surface area contributed by atoms with Crippen LogP contribution in [0.5, 0.6) is 0 Å². The molecular weight excluding hydrogens is 726 g/mol. The Hall–Kier alpha value is -5.36. The predicted octanol–water partition coefficient (Wildman–Crippen LogP) is 13.9. The average molecular weight is 753 g/mol. The van der Waals surface area contributed by atoms with Crippen LogP contribution < -0.4 is 0 Å². The topological polar surface area (TPSA) is 57.4 Å². The van der Waals surface area contributed by atoms with Crippen molar-refractivity contribution in [3.63, 3.8) is 0 Å². The molecule has 0 unspecified atom stereocenters. The van der Waals surface area contributed by atoms with Crippen molar-refractivity contribution in [2.24, 2.45) is 0 Å². The molecule has 0 amide bonds. The maximum absolute atomic E-state index is 6.93. The van der Waals surface area contributed by atoms with Gasteiger partial charge in [0.05, 0.1) is 22.8 Å². The number of nitrogens with one attached hydrogen (secondary N) is 2. The standard InChI is InChI=1S/C44H26Cl4N4/c45-29-13-5-1-9-25(29)41-33-17-19-35(49-33)42(26-10-2-6-14-30(26)46)37-21-23-39(51-37)44(28-12-4-8-16-32(28)48)40-24-22-38(52-40)43(36-20-18-34(41)50-36)27-11-3-7-15-31(27)47/h1-24,49-50H. The van der Waals surface area contributed by atoms with E-state index in [1.54, 1.807) is 0 Å². The molecular formula is C44H26Cl4N4. The molecule has 7 aromatic rings. The Balaban J connectivity index is 1.51. The lowest BCUT2D eigenvalue weighted by atomic mass is 10.0. The van der Waals surface area contributed by atoms with E-state index in [1.807, 2.05) is 121 Å². The van der Waals surface area contributed by atoms with Gasteiger partial charge in [-0.2, -0.15) is 0 Å². The highest BCUT2D eigenvalue weighted by Gasteiger charge is 2.21. The van der Waals surface area contributed by atoms with Gasteiger partial charge in [0.2, 0.25) is 0 Å². The third-order valence-corrected chi connectivity index (χ3v) is 10.6. The van der Waals surface area contributed by atoms with Crippen LogP contribution in [0.15, 0.2) is 121 Å². The Morgan fingerprint density at radius 3 is 0.923 bits per heavy atom. The van der Waals surface area contributed by atoms with Crippen molar-refractivity contribution < 1.29 is 0 Å². The molecule has 5 heterocycles. The van der Waals surface area contributed by atoms with Crippen molar-refractivity contribution in [2.45, 2.75) is 0 Å². The summed E-state index contributed by atoms with van der Waals surface area (Å²) >= 11 is 27.7. The number of halogens is 4. The Morgan fingerprint density at radius 2 is 0.577 bits per heavy atom. The summed E-state index contributed by atoms with van der Waals surface area (Å²) in [4.78, 5) is 18.0. The fourth-order valence-electron chi connectivity index (χ4n) is 7.00. The highest BCUT2D eigenvalue weighted by molar-refractivity contribution is 6.35. The van der Waals surface area contributed by atoms with Crippen LogP contribution in [-0.2, 0) is 0 Å². The van der Waals surface area contributed by atoms with Crippen molar-refractivity contribution >= 4 is 92.8 Å². The first-order valence-corrected chi connectivity index (χ1v) is 18.1. The molecule has 0 saturated heterocycles. The second-order valence-corrected chi connectivity index (χ2v) is 14.1. The summed E-state index contributed by atoms with van der Waals surface area (Å²) in [5, 5.41) is 2.43. The van der Waals surface area contributed by atoms with Crippen LogP contribution in [-0.4, -0.2) is 19.9 Å². The highest BCUT2D eigenvalue weighted by atomic mass is 35.5. The molecule has 8 heteroatoms. The van der Waals surface area contributed by atoms with Gasteiger partial charge >= 0.3 is 0 Å². The first-order chi connectivity index (χ1) is 25.4. The van der Waals surface area contributed by atoms with E-state index in [0.29, 0.717) is 20.1 Å². The number of aromatic nitrogens is 4. The summed E-state index contributed by atoms with van der Waals surface area (Å²) in [6.07, 6.45) is 8.06. The average Bonchev–Trinajstić information content (AvgIpc) is 3.99. The molecule has 0 atom stereocenters. The summed E-state index contributed by atoms with van der Waals surface area (Å²) in [5.41, 5.74) is 13.1. The molecule has 0 spiro atoms. The third-order valence-electron chi connectivity index (χ3n) is 9.33. The third kappa shape index (κ3) is 5.65. The number of fused-ring (bicyclic) bond motifs is 8. The fourth-order valence-corrected chi connectivity index (χ4v) is 7.92. The van der Waals surface area contributed by atoms with E-state index in [-0.39, 0.29) is 0 Å². The van der Waals surface area contributed by atoms with Crippen molar-refractivity contribution in [1.82, 2.24) is 19.9 Å². The largest absolute Gasteiger partial charge is 0.354 e. The van der Waals surface area contributed by atoms with E-state index in [4.69, 9.17) is 56.4 Å². The molecule has 2 aliphatic heterocycles. The lowest BCUT2D eigenvalue weighted by Crippen LogP contribution is -1.92. The molecule has 0 fully saturated rings. The van der Waals surface area contributed by atoms with E-state index in [9.17, 15) is 0 Å². The summed E-state index contributed by atoms with van der Waals surface area (Å²) < 4.78 is 0. The zero-order valence-electron chi connectivity index (χ0n) is 27.3. The van der Waals surface area contributed by atoms with Crippen LogP contribution in [0.3, 0.4) is 0 Å². The Morgan fingerprint density at radius 1 is 0.308 bits per heavy atom. The van der Waals surface area contributed by atoms with Crippen molar-refractivity contribution in [3.8, 4) is 44.5 Å². The summed E-state index contributed by atoms with van der Waals surface area (Å²) in [7, 11) is 0. The molecule has 250 valence electrons. The van der Waals surface area contributed by atoms with E-state index >= 15 is 0 Å². The Kier molecular flexibility index (Phi) is 8.33. The number of H-pyrrole nitrogens is 2. The number of nitrogens with zero attached hydrogens (tertiary/aromatic N) is 2. The van der Waals surface area contributed by atoms with Crippen LogP contribution in [0.25, 0.3) is 90.9 Å². The van der Waals surface area contributed by atoms with Gasteiger partial charge < -0.3 is 9.97 Å². The van der Waals surface area contributed by atoms with E-state index in [0.717, 1.165) is 89.4 Å². The molecule has 0 aliphatic carbocycles. The normalized spacial score (nSPS) is 12.1. The van der Waals surface area contributed by atoms with Gasteiger partial charge in [0, 0.05) is 86.7 Å². The zero-order chi connectivity index (χ0) is 35.3. The number of rotatable bonds is 4. The van der Waals surface area contributed by atoms with Gasteiger partial charge in [0.15, 0.2) is 0 Å². The van der Waals surface area contributed by atoms with Crippen molar-refractivity contribution in [2.75, 3.05) is 0 Å². The maximum atomic E-state index is 6.93. The second-order valence-electron chi connectivity index (χ2n) is 12.4. The summed E-state index contributed by atoms with van der Waals surface area (Å²) in [5.74, 6) is 0. The van der Waals surface area contributed by atoms with Gasteiger partial charge in [0.1, 0.15) is 0 Å². The lowest BCUT2D eigenvalue weighted by Gasteiger charge is -2.09. The van der Waals surface area contributed by atoms with Crippen molar-refractivity contribution in [1.29, 1.82) is 0 Å². The Bertz CT molecular complexity index is 2660. The quantitative estimate of drug-likeness (QED) is 0.188. The number of hydrogen-bond donors (Lipinski definition) is 2. The van der Waals surface area contributed by atoms with Crippen LogP contribution in [0.4, 0.5) is 0 Å². The molecule has 4 aromatic carbocycles. The Labute approximate surface area is 319 Å². The maximum Gasteiger partial charge on any atom is 0.0738 e. The van der Waals surface area contributed by atoms with Gasteiger partial charge in [-0.05, 0) is 72.8 Å². The number of benzene rings is 4. The fraction of sp³-hybridized carbons (Fsp3) is 0. The summed E-state index contributed by atoms with van der Waals surface area (Å²) in [6.45, 7) is 0. The van der Waals surface area contributed by atoms with Gasteiger partial charge in [-0.25, -0.2) is 9.97 Å². The highest BCUT2D eigenvalue weighted by Crippen LogP contribution is 2.42. The van der Waals surface area contributed by atoms with Crippen LogP contribution in [0, 0.1) is 0 Å². The van der Waals surface area contributed by atoms with Crippen molar-refractivity contribution in [3.05, 3.63) is 164 Å². The number of hydrogen-bond acceptors (Lipinski definition) is 2. The van der Waals surface area contributed by atoms with Gasteiger partial charge in [0.25, 0.3) is 0 Å². The first kappa shape index (κ1) is 32.5. The van der Waals surface area contributed by atoms with Gasteiger partial charge in [-0.3, -0.25) is 0 Å². The monoisotopic (exact) mass is 750 g/mol. The minimum absolute atomic E-state index is 0.595. The second kappa shape index (κ2) is 13.3. The molecule has 3 aromatic heterocycles. The lowest BCUT2D eigenvalue weighted by molar-refractivity contribution is 1.28. The van der Waals surface area contributed by atoms with E-state index in [2.05, 4.69) is 34.2 Å². The molecule has 0 radical (unpaired) electrons. The SMILES string of the molecule is Clc1ccccc1-c1c2nc(c(-c3ccccc3Cl)c3ccc([nH]3)c(-c3ccccc3Cl)c3ccc([nH]3)c(-c3ccccc3Cl)c3nc1C=C3)C=C2. The smallest absolute Gasteiger partial charge is 0.0738 e. The molecule has 2 N–H and O–H groups in total. The van der Waals surface area contributed by atoms with Gasteiger partial charge in [-0.15, -0.1) is 0 Å². The van der Waals surface area contributed by atoms with Gasteiger partial charge in [-0.1, -0.05) is 119 Å². The molecule has 9 rings (SSSR count). The minimum atomic E-state index is 0.595. The minimum Gasteiger partial charge on any atom is -0.354 e. The summed E-state index contributed by atoms with van der Waals surface area (Å²) in [6, 6.07) is 39.5. The van der Waals surface area contributed by atoms with Crippen LogP contribution in [0.2, 0.25) is 20.1 Å². The molecule has 4 nitrogen and oxygen atoms in total. The molecule has 52 heavy (non-hydrogen) atoms. The number of aromatic amines is 2. The zero-order valence-corrected chi connectivity index (χ0v) is 30.3. The van der Waals surface area contributed by atoms with Crippen LogP contribution >= 0.6 is 46.4 Å². The predicted molar refractivity (Wildman–Crippen MR) is 221 cm³/mol. The first-order valence-electron chi connectivity index (χ1n) is 16.6. The molecule has 0 saturated carbocycles. The molecule has 8 bridgehead atoms. The van der Waals surface area contributed by atoms with Crippen LogP contribution in [0.1, 0.15) is 22.8 Å². The molecule has 2 aliphatic rings. The van der Waals surface area contributed by atoms with E-state index < -0.39 is 0 Å².